The standard InChI is InChI=1S/C4H6O5/c5-2(4(8)9)1-3(6)7/h2,5H,1H2,(H,6,7)(H,8,9)/i1D,2D. The largest absolute Gasteiger partial charge is 0.481 e. The molecule has 0 bridgehead atoms. The van der Waals surface area contributed by atoms with Crippen LogP contribution in [0.25, 0.3) is 0 Å². The molecule has 9 heavy (non-hydrogen) atoms. The molecule has 0 rings (SSSR count). The molecule has 2 atom stereocenters. The first-order chi connectivity index (χ1) is 4.80. The Labute approximate surface area is 53.3 Å². The number of carboxylic acid groups (broad SMARTS) is 2. The molecule has 0 spiro atoms. The zero-order chi connectivity index (χ0) is 9.23. The Balaban J connectivity index is 4.55. The van der Waals surface area contributed by atoms with Gasteiger partial charge in [-0.25, -0.2) is 4.79 Å². The highest BCUT2D eigenvalue weighted by molar-refractivity contribution is 5.79. The van der Waals surface area contributed by atoms with Crippen LogP contribution in [0.2, 0.25) is 0 Å². The summed E-state index contributed by atoms with van der Waals surface area (Å²) in [5.41, 5.74) is 0. The average Bonchev–Trinajstić information content (AvgIpc) is 1.85. The van der Waals surface area contributed by atoms with E-state index in [1.165, 1.54) is 0 Å². The maximum Gasteiger partial charge on any atom is 0.333 e. The van der Waals surface area contributed by atoms with Crippen LogP contribution in [-0.2, 0) is 9.59 Å². The van der Waals surface area contributed by atoms with Crippen LogP contribution in [0.15, 0.2) is 0 Å². The second-order valence-corrected chi connectivity index (χ2v) is 1.17. The van der Waals surface area contributed by atoms with Gasteiger partial charge >= 0.3 is 11.9 Å². The molecule has 52 valence electrons. The van der Waals surface area contributed by atoms with Crippen LogP contribution in [0.3, 0.4) is 0 Å². The summed E-state index contributed by atoms with van der Waals surface area (Å²) in [6, 6.07) is 0. The number of aliphatic carboxylic acids is 2. The van der Waals surface area contributed by atoms with E-state index in [2.05, 4.69) is 0 Å². The second-order valence-electron chi connectivity index (χ2n) is 1.17. The number of carboxylic acids is 2. The summed E-state index contributed by atoms with van der Waals surface area (Å²) in [4.78, 5) is 19.9. The van der Waals surface area contributed by atoms with Crippen molar-refractivity contribution in [2.75, 3.05) is 0 Å². The maximum atomic E-state index is 9.95. The second kappa shape index (κ2) is 3.03. The summed E-state index contributed by atoms with van der Waals surface area (Å²) in [5, 5.41) is 24.6. The van der Waals surface area contributed by atoms with Crippen LogP contribution in [0, 0.1) is 0 Å². The van der Waals surface area contributed by atoms with Gasteiger partial charge in [0.05, 0.1) is 7.77 Å². The van der Waals surface area contributed by atoms with Crippen LogP contribution in [0.4, 0.5) is 0 Å². The van der Waals surface area contributed by atoms with Crippen LogP contribution < -0.4 is 0 Å². The Morgan fingerprint density at radius 3 is 2.22 bits per heavy atom. The minimum Gasteiger partial charge on any atom is -0.481 e. The Morgan fingerprint density at radius 1 is 1.67 bits per heavy atom. The van der Waals surface area contributed by atoms with Crippen LogP contribution in [-0.4, -0.2) is 33.3 Å². The van der Waals surface area contributed by atoms with Crippen molar-refractivity contribution in [3.63, 3.8) is 0 Å². The molecule has 0 fully saturated rings. The molecule has 0 aromatic carbocycles. The predicted octanol–water partition coefficient (Wildman–Crippen LogP) is -1.09. The van der Waals surface area contributed by atoms with E-state index in [0.29, 0.717) is 0 Å². The molecule has 0 saturated carbocycles. The summed E-state index contributed by atoms with van der Waals surface area (Å²) >= 11 is 0. The molecule has 0 radical (unpaired) electrons. The van der Waals surface area contributed by atoms with Gasteiger partial charge in [0.15, 0.2) is 6.08 Å². The van der Waals surface area contributed by atoms with Gasteiger partial charge in [-0.15, -0.1) is 0 Å². The lowest BCUT2D eigenvalue weighted by Crippen LogP contribution is -2.22. The quantitative estimate of drug-likeness (QED) is 0.458. The topological polar surface area (TPSA) is 94.8 Å². The molecule has 2 unspecified atom stereocenters. The molecule has 0 aliphatic rings. The number of hydrogen-bond acceptors (Lipinski definition) is 3. The Bertz CT molecular complexity index is 189. The van der Waals surface area contributed by atoms with Gasteiger partial charge in [-0.05, 0) is 0 Å². The highest BCUT2D eigenvalue weighted by atomic mass is 16.4. The van der Waals surface area contributed by atoms with Crippen LogP contribution in [0.1, 0.15) is 9.14 Å². The number of aliphatic hydroxyl groups is 1. The minimum atomic E-state index is -3.29. The Hall–Kier alpha value is -1.10. The van der Waals surface area contributed by atoms with E-state index >= 15 is 0 Å². The van der Waals surface area contributed by atoms with E-state index in [1.807, 2.05) is 0 Å². The molecular formula is C4H6O5. The van der Waals surface area contributed by atoms with Gasteiger partial charge in [-0.3, -0.25) is 4.79 Å². The van der Waals surface area contributed by atoms with E-state index in [-0.39, 0.29) is 0 Å². The van der Waals surface area contributed by atoms with Crippen molar-refractivity contribution < 1.29 is 27.7 Å². The third-order valence-electron chi connectivity index (χ3n) is 0.479. The highest BCUT2D eigenvalue weighted by Crippen LogP contribution is 1.89. The van der Waals surface area contributed by atoms with Crippen molar-refractivity contribution in [1.82, 2.24) is 0 Å². The third kappa shape index (κ3) is 3.48. The SMILES string of the molecule is [2H]C(C(=O)O)C([2H])(O)C(=O)O. The summed E-state index contributed by atoms with van der Waals surface area (Å²) in [5.74, 6) is -3.91. The molecule has 0 aliphatic carbocycles. The van der Waals surface area contributed by atoms with E-state index in [9.17, 15) is 9.59 Å². The van der Waals surface area contributed by atoms with Gasteiger partial charge in [0, 0.05) is 1.37 Å². The molecule has 5 nitrogen and oxygen atoms in total. The molecule has 0 amide bonds. The van der Waals surface area contributed by atoms with E-state index in [1.54, 1.807) is 0 Å². The van der Waals surface area contributed by atoms with Crippen molar-refractivity contribution in [2.24, 2.45) is 0 Å². The van der Waals surface area contributed by atoms with Gasteiger partial charge in [-0.1, -0.05) is 0 Å². The molecule has 0 aliphatic heterocycles. The lowest BCUT2D eigenvalue weighted by molar-refractivity contribution is -0.152. The first kappa shape index (κ1) is 4.75. The molecule has 0 saturated heterocycles. The predicted molar refractivity (Wildman–Crippen MR) is 25.9 cm³/mol. The molecule has 3 N–H and O–H groups in total. The number of rotatable bonds is 3. The first-order valence-corrected chi connectivity index (χ1v) is 1.91. The Morgan fingerprint density at radius 2 is 2.11 bits per heavy atom. The summed E-state index contributed by atoms with van der Waals surface area (Å²) < 4.78 is 13.0. The van der Waals surface area contributed by atoms with Gasteiger partial charge < -0.3 is 15.3 Å². The third-order valence-corrected chi connectivity index (χ3v) is 0.479. The lowest BCUT2D eigenvalue weighted by atomic mass is 10.3. The summed E-state index contributed by atoms with van der Waals surface area (Å²) in [6.45, 7) is 0. The van der Waals surface area contributed by atoms with Gasteiger partial charge in [0.1, 0.15) is 0 Å². The summed E-state index contributed by atoms with van der Waals surface area (Å²) in [7, 11) is 0. The zero-order valence-electron chi connectivity index (χ0n) is 6.24. The fourth-order valence-corrected chi connectivity index (χ4v) is 0.179. The van der Waals surface area contributed by atoms with E-state index in [0.717, 1.165) is 0 Å². The molecular weight excluding hydrogens is 128 g/mol. The van der Waals surface area contributed by atoms with E-state index in [4.69, 9.17) is 18.1 Å². The maximum absolute atomic E-state index is 9.95. The lowest BCUT2D eigenvalue weighted by Gasteiger charge is -1.97. The van der Waals surface area contributed by atoms with Crippen molar-refractivity contribution in [1.29, 1.82) is 0 Å². The molecule has 5 heteroatoms. The number of carbonyl (C=O) groups is 2. The van der Waals surface area contributed by atoms with E-state index < -0.39 is 24.4 Å². The van der Waals surface area contributed by atoms with Gasteiger partial charge in [0.25, 0.3) is 0 Å². The van der Waals surface area contributed by atoms with Crippen molar-refractivity contribution in [2.45, 2.75) is 12.5 Å². The monoisotopic (exact) mass is 136 g/mol. The van der Waals surface area contributed by atoms with Crippen LogP contribution >= 0.6 is 0 Å². The van der Waals surface area contributed by atoms with Crippen molar-refractivity contribution in [3.8, 4) is 0 Å². The molecule has 0 aromatic heterocycles. The van der Waals surface area contributed by atoms with Gasteiger partial charge in [0.2, 0.25) is 0 Å². The molecule has 0 aromatic rings. The summed E-state index contributed by atoms with van der Waals surface area (Å²) in [6.07, 6.45) is -5.69. The van der Waals surface area contributed by atoms with Gasteiger partial charge in [-0.2, -0.15) is 0 Å². The molecule has 0 heterocycles. The highest BCUT2D eigenvalue weighted by Gasteiger charge is 2.16. The minimum absolute atomic E-state index is 1.86. The van der Waals surface area contributed by atoms with Crippen LogP contribution in [0.5, 0.6) is 0 Å². The first-order valence-electron chi connectivity index (χ1n) is 2.98. The Kier molecular flexibility index (Phi) is 1.60. The van der Waals surface area contributed by atoms with Crippen molar-refractivity contribution >= 4 is 11.9 Å². The smallest absolute Gasteiger partial charge is 0.333 e. The average molecular weight is 136 g/mol. The number of hydrogen-bond donors (Lipinski definition) is 3. The fraction of sp³-hybridized carbons (Fsp3) is 0.500. The normalized spacial score (nSPS) is 22.8. The zero-order valence-corrected chi connectivity index (χ0v) is 4.24. The van der Waals surface area contributed by atoms with Crippen molar-refractivity contribution in [3.05, 3.63) is 0 Å². The fourth-order valence-electron chi connectivity index (χ4n) is 0.179.